The highest BCUT2D eigenvalue weighted by Crippen LogP contribution is 2.28. The van der Waals surface area contributed by atoms with Crippen molar-refractivity contribution in [3.63, 3.8) is 0 Å². The van der Waals surface area contributed by atoms with Gasteiger partial charge in [0, 0.05) is 29.4 Å². The maximum Gasteiger partial charge on any atom is 0.242 e. The molecule has 0 saturated heterocycles. The number of rotatable bonds is 9. The molecule has 2 aromatic carbocycles. The Labute approximate surface area is 180 Å². The van der Waals surface area contributed by atoms with Crippen molar-refractivity contribution >= 4 is 46.8 Å². The van der Waals surface area contributed by atoms with Crippen molar-refractivity contribution in [2.24, 2.45) is 0 Å². The summed E-state index contributed by atoms with van der Waals surface area (Å²) in [5.41, 5.74) is 1.80. The summed E-state index contributed by atoms with van der Waals surface area (Å²) in [6.45, 7) is 2.29. The van der Waals surface area contributed by atoms with Gasteiger partial charge in [-0.1, -0.05) is 66.5 Å². The fourth-order valence-corrected chi connectivity index (χ4v) is 4.51. The van der Waals surface area contributed by atoms with Crippen LogP contribution in [0.3, 0.4) is 0 Å². The summed E-state index contributed by atoms with van der Waals surface area (Å²) in [5.74, 6) is 0.514. The Bertz CT molecular complexity index is 782. The molecule has 0 heterocycles. The lowest BCUT2D eigenvalue weighted by atomic mass is 10.1. The van der Waals surface area contributed by atoms with Gasteiger partial charge in [0.05, 0.1) is 5.75 Å². The molecule has 0 fully saturated rings. The van der Waals surface area contributed by atoms with Crippen LogP contribution < -0.4 is 5.32 Å². The molecule has 150 valence electrons. The lowest BCUT2D eigenvalue weighted by Gasteiger charge is -2.30. The van der Waals surface area contributed by atoms with Crippen LogP contribution in [0.4, 0.5) is 0 Å². The predicted octanol–water partition coefficient (Wildman–Crippen LogP) is 4.78. The summed E-state index contributed by atoms with van der Waals surface area (Å²) >= 11 is 13.8. The Kier molecular flexibility index (Phi) is 9.16. The van der Waals surface area contributed by atoms with E-state index in [0.29, 0.717) is 28.8 Å². The molecule has 0 aromatic heterocycles. The average Bonchev–Trinajstić information content (AvgIpc) is 2.70. The van der Waals surface area contributed by atoms with E-state index in [0.717, 1.165) is 11.1 Å². The van der Waals surface area contributed by atoms with Crippen LogP contribution in [0.15, 0.2) is 48.5 Å². The quantitative estimate of drug-likeness (QED) is 0.612. The Morgan fingerprint density at radius 1 is 1.07 bits per heavy atom. The minimum Gasteiger partial charge on any atom is -0.357 e. The van der Waals surface area contributed by atoms with E-state index in [2.05, 4.69) is 5.32 Å². The highest BCUT2D eigenvalue weighted by molar-refractivity contribution is 7.99. The van der Waals surface area contributed by atoms with E-state index < -0.39 is 6.04 Å². The van der Waals surface area contributed by atoms with E-state index in [1.807, 2.05) is 37.3 Å². The van der Waals surface area contributed by atoms with Gasteiger partial charge < -0.3 is 10.2 Å². The summed E-state index contributed by atoms with van der Waals surface area (Å²) in [5, 5.41) is 3.84. The number of hydrogen-bond donors (Lipinski definition) is 1. The summed E-state index contributed by atoms with van der Waals surface area (Å²) in [4.78, 5) is 27.0. The number of halogens is 2. The van der Waals surface area contributed by atoms with E-state index in [-0.39, 0.29) is 17.6 Å². The molecule has 2 rings (SSSR count). The van der Waals surface area contributed by atoms with Gasteiger partial charge in [0.1, 0.15) is 6.04 Å². The first kappa shape index (κ1) is 22.6. The SMILES string of the molecule is CC[C@H](C(=O)NC)N(Cc1ccccc1)C(=O)CSCc1c(Cl)cccc1Cl. The van der Waals surface area contributed by atoms with Gasteiger partial charge in [-0.2, -0.15) is 0 Å². The Balaban J connectivity index is 2.10. The van der Waals surface area contributed by atoms with Crippen LogP contribution in [0.25, 0.3) is 0 Å². The van der Waals surface area contributed by atoms with Crippen molar-refractivity contribution < 1.29 is 9.59 Å². The molecule has 0 saturated carbocycles. The fraction of sp³-hybridized carbons (Fsp3) is 0.333. The van der Waals surface area contributed by atoms with Crippen molar-refractivity contribution in [2.45, 2.75) is 31.7 Å². The van der Waals surface area contributed by atoms with Crippen LogP contribution in [-0.2, 0) is 21.9 Å². The predicted molar refractivity (Wildman–Crippen MR) is 118 cm³/mol. The molecule has 0 aliphatic heterocycles. The van der Waals surface area contributed by atoms with E-state index in [1.54, 1.807) is 30.1 Å². The number of hydrogen-bond acceptors (Lipinski definition) is 3. The third-order valence-electron chi connectivity index (χ3n) is 4.36. The molecule has 4 nitrogen and oxygen atoms in total. The normalized spacial score (nSPS) is 11.7. The number of likely N-dealkylation sites (N-methyl/N-ethyl adjacent to an activating group) is 1. The fourth-order valence-electron chi connectivity index (χ4n) is 2.86. The first-order valence-corrected chi connectivity index (χ1v) is 10.9. The lowest BCUT2D eigenvalue weighted by molar-refractivity contribution is -0.139. The third kappa shape index (κ3) is 6.16. The molecule has 1 N–H and O–H groups in total. The van der Waals surface area contributed by atoms with E-state index in [1.165, 1.54) is 11.8 Å². The maximum atomic E-state index is 13.0. The summed E-state index contributed by atoms with van der Waals surface area (Å²) < 4.78 is 0. The second kappa shape index (κ2) is 11.3. The topological polar surface area (TPSA) is 49.4 Å². The van der Waals surface area contributed by atoms with Gasteiger partial charge >= 0.3 is 0 Å². The van der Waals surface area contributed by atoms with Crippen LogP contribution in [0.1, 0.15) is 24.5 Å². The van der Waals surface area contributed by atoms with Crippen molar-refractivity contribution in [2.75, 3.05) is 12.8 Å². The molecular weight excluding hydrogens is 415 g/mol. The number of carbonyl (C=O) groups excluding carboxylic acids is 2. The molecule has 2 amide bonds. The van der Waals surface area contributed by atoms with Crippen molar-refractivity contribution in [1.82, 2.24) is 10.2 Å². The third-order valence-corrected chi connectivity index (χ3v) is 6.01. The molecule has 1 atom stereocenters. The average molecular weight is 439 g/mol. The highest BCUT2D eigenvalue weighted by atomic mass is 35.5. The van der Waals surface area contributed by atoms with Gasteiger partial charge in [-0.15, -0.1) is 11.8 Å². The van der Waals surface area contributed by atoms with Crippen LogP contribution in [0.5, 0.6) is 0 Å². The molecule has 28 heavy (non-hydrogen) atoms. The molecule has 0 bridgehead atoms. The Morgan fingerprint density at radius 3 is 2.29 bits per heavy atom. The molecule has 7 heteroatoms. The summed E-state index contributed by atoms with van der Waals surface area (Å²) in [6.07, 6.45) is 0.541. The van der Waals surface area contributed by atoms with Crippen molar-refractivity contribution in [1.29, 1.82) is 0 Å². The number of benzene rings is 2. The first-order chi connectivity index (χ1) is 13.5. The van der Waals surface area contributed by atoms with E-state index in [4.69, 9.17) is 23.2 Å². The molecule has 2 aromatic rings. The lowest BCUT2D eigenvalue weighted by Crippen LogP contribution is -2.48. The Morgan fingerprint density at radius 2 is 1.71 bits per heavy atom. The van der Waals surface area contributed by atoms with Crippen molar-refractivity contribution in [3.05, 3.63) is 69.7 Å². The second-order valence-electron chi connectivity index (χ2n) is 6.24. The summed E-state index contributed by atoms with van der Waals surface area (Å²) in [6, 6.07) is 14.5. The van der Waals surface area contributed by atoms with Crippen LogP contribution in [0.2, 0.25) is 10.0 Å². The molecule has 0 unspecified atom stereocenters. The van der Waals surface area contributed by atoms with Gasteiger partial charge in [0.25, 0.3) is 0 Å². The minimum absolute atomic E-state index is 0.0903. The number of carbonyl (C=O) groups is 2. The molecule has 0 spiro atoms. The molecule has 0 aliphatic carbocycles. The van der Waals surface area contributed by atoms with Gasteiger partial charge in [0.15, 0.2) is 0 Å². The zero-order chi connectivity index (χ0) is 20.5. The van der Waals surface area contributed by atoms with Crippen LogP contribution >= 0.6 is 35.0 Å². The highest BCUT2D eigenvalue weighted by Gasteiger charge is 2.27. The number of nitrogens with one attached hydrogen (secondary N) is 1. The van der Waals surface area contributed by atoms with Gasteiger partial charge in [0.2, 0.25) is 11.8 Å². The molecule has 0 aliphatic rings. The van der Waals surface area contributed by atoms with Crippen LogP contribution in [-0.4, -0.2) is 35.6 Å². The largest absolute Gasteiger partial charge is 0.357 e. The minimum atomic E-state index is -0.512. The van der Waals surface area contributed by atoms with E-state index >= 15 is 0 Å². The van der Waals surface area contributed by atoms with Gasteiger partial charge in [-0.25, -0.2) is 0 Å². The second-order valence-corrected chi connectivity index (χ2v) is 8.04. The van der Waals surface area contributed by atoms with Gasteiger partial charge in [-0.05, 0) is 29.7 Å². The molecular formula is C21H24Cl2N2O2S. The monoisotopic (exact) mass is 438 g/mol. The van der Waals surface area contributed by atoms with Crippen LogP contribution in [0, 0.1) is 0 Å². The Hall–Kier alpha value is -1.69. The first-order valence-electron chi connectivity index (χ1n) is 9.03. The van der Waals surface area contributed by atoms with E-state index in [9.17, 15) is 9.59 Å². The number of amides is 2. The van der Waals surface area contributed by atoms with Crippen molar-refractivity contribution in [3.8, 4) is 0 Å². The maximum absolute atomic E-state index is 13.0. The summed E-state index contributed by atoms with van der Waals surface area (Å²) in [7, 11) is 1.59. The zero-order valence-corrected chi connectivity index (χ0v) is 18.3. The number of thioether (sulfide) groups is 1. The standard InChI is InChI=1S/C21H24Cl2N2O2S/c1-3-19(21(27)24-2)25(12-15-8-5-4-6-9-15)20(26)14-28-13-16-17(22)10-7-11-18(16)23/h4-11,19H,3,12-14H2,1-2H3,(H,24,27)/t19-/m1/s1. The zero-order valence-electron chi connectivity index (χ0n) is 16.0. The number of nitrogens with zero attached hydrogens (tertiary/aromatic N) is 1. The smallest absolute Gasteiger partial charge is 0.242 e. The molecule has 0 radical (unpaired) electrons. The van der Waals surface area contributed by atoms with Gasteiger partial charge in [-0.3, -0.25) is 9.59 Å².